The topological polar surface area (TPSA) is 46.3 Å². The quantitative estimate of drug-likeness (QED) is 0.857. The molecule has 1 atom stereocenters. The molecule has 1 fully saturated rings. The van der Waals surface area contributed by atoms with Crippen LogP contribution in [-0.2, 0) is 0 Å². The number of aromatic nitrogens is 1. The molecule has 0 unspecified atom stereocenters. The molecule has 1 aliphatic heterocycles. The van der Waals surface area contributed by atoms with Gasteiger partial charge in [-0.15, -0.1) is 0 Å². The first-order chi connectivity index (χ1) is 11.0. The Morgan fingerprint density at radius 3 is 2.65 bits per heavy atom. The summed E-state index contributed by atoms with van der Waals surface area (Å²) in [6, 6.07) is 4.94. The number of rotatable bonds is 3. The van der Waals surface area contributed by atoms with E-state index in [4.69, 9.17) is 4.52 Å². The monoisotopic (exact) mass is 320 g/mol. The van der Waals surface area contributed by atoms with Crippen molar-refractivity contribution in [3.63, 3.8) is 0 Å². The number of benzene rings is 1. The molecule has 3 rings (SSSR count). The minimum Gasteiger partial charge on any atom is -0.361 e. The molecule has 23 heavy (non-hydrogen) atoms. The zero-order chi connectivity index (χ0) is 16.6. The van der Waals surface area contributed by atoms with Gasteiger partial charge in [-0.05, 0) is 25.0 Å². The molecule has 0 spiro atoms. The van der Waals surface area contributed by atoms with Crippen LogP contribution in [0.1, 0.15) is 60.5 Å². The lowest BCUT2D eigenvalue weighted by Crippen LogP contribution is -2.32. The highest BCUT2D eigenvalue weighted by molar-refractivity contribution is 5.95. The summed E-state index contributed by atoms with van der Waals surface area (Å²) >= 11 is 0. The Morgan fingerprint density at radius 2 is 2.04 bits per heavy atom. The first-order valence-electron chi connectivity index (χ1n) is 7.70. The van der Waals surface area contributed by atoms with Crippen molar-refractivity contribution in [1.29, 1.82) is 0 Å². The van der Waals surface area contributed by atoms with Gasteiger partial charge in [0.25, 0.3) is 5.91 Å². The highest BCUT2D eigenvalue weighted by Crippen LogP contribution is 2.34. The predicted molar refractivity (Wildman–Crippen MR) is 80.0 cm³/mol. The highest BCUT2D eigenvalue weighted by atomic mass is 19.1. The third-order valence-corrected chi connectivity index (χ3v) is 4.15. The van der Waals surface area contributed by atoms with E-state index in [1.54, 1.807) is 0 Å². The molecule has 0 radical (unpaired) electrons. The minimum atomic E-state index is -0.844. The summed E-state index contributed by atoms with van der Waals surface area (Å²) in [5.74, 6) is -1.41. The molecular formula is C17H18F2N2O2. The largest absolute Gasteiger partial charge is 0.361 e. The average Bonchev–Trinajstić information content (AvgIpc) is 3.15. The van der Waals surface area contributed by atoms with Crippen molar-refractivity contribution in [2.45, 2.75) is 38.6 Å². The maximum Gasteiger partial charge on any atom is 0.260 e. The molecule has 2 aromatic rings. The van der Waals surface area contributed by atoms with E-state index < -0.39 is 23.1 Å². The van der Waals surface area contributed by atoms with Crippen LogP contribution in [0, 0.1) is 11.6 Å². The Kier molecular flexibility index (Phi) is 4.15. The normalized spacial score (nSPS) is 18.0. The van der Waals surface area contributed by atoms with E-state index in [1.807, 2.05) is 19.9 Å². The molecule has 0 N–H and O–H groups in total. The molecule has 1 aromatic heterocycles. The standard InChI is InChI=1S/C17H18F2N2O2/c1-10(2)15-9-13(20-23-15)14-7-4-8-21(14)17(22)16-11(18)5-3-6-12(16)19/h3,5-6,9-10,14H,4,7-8H2,1-2H3/t14-/m1/s1. The van der Waals surface area contributed by atoms with Gasteiger partial charge < -0.3 is 9.42 Å². The van der Waals surface area contributed by atoms with Crippen molar-refractivity contribution >= 4 is 5.91 Å². The fraction of sp³-hybridized carbons (Fsp3) is 0.412. The van der Waals surface area contributed by atoms with Gasteiger partial charge in [-0.25, -0.2) is 8.78 Å². The molecule has 1 aliphatic rings. The third-order valence-electron chi connectivity index (χ3n) is 4.15. The van der Waals surface area contributed by atoms with Gasteiger partial charge in [0.05, 0.1) is 6.04 Å². The number of hydrogen-bond donors (Lipinski definition) is 0. The van der Waals surface area contributed by atoms with Gasteiger partial charge in [0.15, 0.2) is 0 Å². The van der Waals surface area contributed by atoms with Gasteiger partial charge in [-0.3, -0.25) is 4.79 Å². The van der Waals surface area contributed by atoms with Crippen molar-refractivity contribution in [1.82, 2.24) is 10.1 Å². The lowest BCUT2D eigenvalue weighted by Gasteiger charge is -2.23. The SMILES string of the molecule is CC(C)c1cc([C@H]2CCCN2C(=O)c2c(F)cccc2F)no1. The van der Waals surface area contributed by atoms with Crippen LogP contribution in [-0.4, -0.2) is 22.5 Å². The minimum absolute atomic E-state index is 0.186. The second kappa shape index (κ2) is 6.10. The maximum atomic E-state index is 13.9. The molecule has 1 aromatic carbocycles. The smallest absolute Gasteiger partial charge is 0.260 e. The zero-order valence-corrected chi connectivity index (χ0v) is 13.1. The molecule has 6 heteroatoms. The summed E-state index contributed by atoms with van der Waals surface area (Å²) in [4.78, 5) is 14.1. The van der Waals surface area contributed by atoms with Crippen molar-refractivity contribution in [2.75, 3.05) is 6.54 Å². The molecule has 0 bridgehead atoms. The van der Waals surface area contributed by atoms with Crippen molar-refractivity contribution in [3.8, 4) is 0 Å². The lowest BCUT2D eigenvalue weighted by molar-refractivity contribution is 0.0721. The van der Waals surface area contributed by atoms with Crippen LogP contribution in [0.2, 0.25) is 0 Å². The van der Waals surface area contributed by atoms with Gasteiger partial charge in [0, 0.05) is 18.5 Å². The third kappa shape index (κ3) is 2.85. The van der Waals surface area contributed by atoms with E-state index in [9.17, 15) is 13.6 Å². The number of nitrogens with zero attached hydrogens (tertiary/aromatic N) is 2. The molecule has 122 valence electrons. The Balaban J connectivity index is 1.90. The average molecular weight is 320 g/mol. The summed E-state index contributed by atoms with van der Waals surface area (Å²) in [5.41, 5.74) is 0.128. The van der Waals surface area contributed by atoms with Crippen LogP contribution in [0.3, 0.4) is 0 Å². The van der Waals surface area contributed by atoms with Crippen LogP contribution in [0.25, 0.3) is 0 Å². The Labute approximate surface area is 133 Å². The molecule has 4 nitrogen and oxygen atoms in total. The Morgan fingerprint density at radius 1 is 1.35 bits per heavy atom. The summed E-state index contributed by atoms with van der Waals surface area (Å²) in [6.45, 7) is 4.41. The summed E-state index contributed by atoms with van der Waals surface area (Å²) in [7, 11) is 0. The van der Waals surface area contributed by atoms with Crippen molar-refractivity contribution < 1.29 is 18.1 Å². The fourth-order valence-electron chi connectivity index (χ4n) is 2.90. The van der Waals surface area contributed by atoms with Gasteiger partial charge in [-0.1, -0.05) is 25.1 Å². The summed E-state index contributed by atoms with van der Waals surface area (Å²) in [6.07, 6.45) is 1.46. The summed E-state index contributed by atoms with van der Waals surface area (Å²) < 4.78 is 33.0. The highest BCUT2D eigenvalue weighted by Gasteiger charge is 2.35. The Bertz CT molecular complexity index is 707. The van der Waals surface area contributed by atoms with Gasteiger partial charge >= 0.3 is 0 Å². The van der Waals surface area contributed by atoms with E-state index in [0.29, 0.717) is 18.7 Å². The molecule has 0 saturated carbocycles. The number of carbonyl (C=O) groups is 1. The van der Waals surface area contributed by atoms with Crippen LogP contribution < -0.4 is 0 Å². The van der Waals surface area contributed by atoms with Crippen LogP contribution in [0.5, 0.6) is 0 Å². The first kappa shape index (κ1) is 15.6. The molecule has 1 saturated heterocycles. The van der Waals surface area contributed by atoms with Gasteiger partial charge in [0.1, 0.15) is 28.7 Å². The molecule has 2 heterocycles. The van der Waals surface area contributed by atoms with Crippen LogP contribution in [0.4, 0.5) is 8.78 Å². The van der Waals surface area contributed by atoms with E-state index in [0.717, 1.165) is 24.3 Å². The lowest BCUT2D eigenvalue weighted by atomic mass is 10.1. The van der Waals surface area contributed by atoms with Gasteiger partial charge in [-0.2, -0.15) is 0 Å². The van der Waals surface area contributed by atoms with Crippen LogP contribution in [0.15, 0.2) is 28.8 Å². The zero-order valence-electron chi connectivity index (χ0n) is 13.1. The van der Waals surface area contributed by atoms with Crippen molar-refractivity contribution in [3.05, 3.63) is 52.9 Å². The first-order valence-corrected chi connectivity index (χ1v) is 7.70. The molecule has 0 aliphatic carbocycles. The van der Waals surface area contributed by atoms with E-state index >= 15 is 0 Å². The van der Waals surface area contributed by atoms with E-state index in [1.165, 1.54) is 11.0 Å². The van der Waals surface area contributed by atoms with Crippen molar-refractivity contribution in [2.24, 2.45) is 0 Å². The van der Waals surface area contributed by atoms with Gasteiger partial charge in [0.2, 0.25) is 0 Å². The van der Waals surface area contributed by atoms with E-state index in [-0.39, 0.29) is 12.0 Å². The second-order valence-electron chi connectivity index (χ2n) is 6.06. The second-order valence-corrected chi connectivity index (χ2v) is 6.06. The maximum absolute atomic E-state index is 13.9. The number of amides is 1. The molecular weight excluding hydrogens is 302 g/mol. The number of carbonyl (C=O) groups excluding carboxylic acids is 1. The van der Waals surface area contributed by atoms with Crippen LogP contribution >= 0.6 is 0 Å². The fourth-order valence-corrected chi connectivity index (χ4v) is 2.90. The number of hydrogen-bond acceptors (Lipinski definition) is 3. The number of likely N-dealkylation sites (tertiary alicyclic amines) is 1. The molecule has 1 amide bonds. The number of halogens is 2. The van der Waals surface area contributed by atoms with E-state index in [2.05, 4.69) is 5.16 Å². The Hall–Kier alpha value is -2.24. The summed E-state index contributed by atoms with van der Waals surface area (Å²) in [5, 5.41) is 4.03. The predicted octanol–water partition coefficient (Wildman–Crippen LogP) is 4.05.